The Morgan fingerprint density at radius 2 is 1.71 bits per heavy atom. The number of hydrogen-bond donors (Lipinski definition) is 1. The van der Waals surface area contributed by atoms with E-state index in [4.69, 9.17) is 13.6 Å². The Kier molecular flexibility index (Phi) is 9.11. The largest absolute Gasteiger partial charge is 0.450 e. The molecule has 1 N–H and O–H groups in total. The standard InChI is InChI=1S/C11H25NO4Si/c1-5-14-11(13)12-9-8-10-17(4,15-6-2)16-7-3/h5-10H2,1-4H3,(H,12,13). The molecule has 0 radical (unpaired) electrons. The molecule has 0 saturated carbocycles. The van der Waals surface area contributed by atoms with Gasteiger partial charge in [0.05, 0.1) is 6.61 Å². The molecule has 0 unspecified atom stereocenters. The molecule has 6 heteroatoms. The van der Waals surface area contributed by atoms with Crippen molar-refractivity contribution >= 4 is 14.7 Å². The molecule has 0 bridgehead atoms. The summed E-state index contributed by atoms with van der Waals surface area (Å²) in [6, 6.07) is 0.876. The highest BCUT2D eigenvalue weighted by Gasteiger charge is 2.29. The van der Waals surface area contributed by atoms with Crippen molar-refractivity contribution in [1.29, 1.82) is 0 Å². The summed E-state index contributed by atoms with van der Waals surface area (Å²) in [5.41, 5.74) is 0. The van der Waals surface area contributed by atoms with Crippen LogP contribution < -0.4 is 5.32 Å². The van der Waals surface area contributed by atoms with Crippen molar-refractivity contribution in [2.75, 3.05) is 26.4 Å². The zero-order valence-corrected chi connectivity index (χ0v) is 12.4. The average Bonchev–Trinajstić information content (AvgIpc) is 2.26. The lowest BCUT2D eigenvalue weighted by Gasteiger charge is -2.25. The second-order valence-electron chi connectivity index (χ2n) is 3.75. The number of rotatable bonds is 9. The van der Waals surface area contributed by atoms with Crippen molar-refractivity contribution in [3.63, 3.8) is 0 Å². The number of hydrogen-bond acceptors (Lipinski definition) is 4. The van der Waals surface area contributed by atoms with E-state index in [-0.39, 0.29) is 6.09 Å². The maximum Gasteiger partial charge on any atom is 0.407 e. The molecule has 0 aliphatic heterocycles. The van der Waals surface area contributed by atoms with E-state index in [9.17, 15) is 4.79 Å². The van der Waals surface area contributed by atoms with Crippen LogP contribution in [0.4, 0.5) is 4.79 Å². The highest BCUT2D eigenvalue weighted by Crippen LogP contribution is 2.15. The van der Waals surface area contributed by atoms with E-state index in [0.717, 1.165) is 12.5 Å². The average molecular weight is 263 g/mol. The van der Waals surface area contributed by atoms with Gasteiger partial charge in [0, 0.05) is 19.8 Å². The third-order valence-corrected chi connectivity index (χ3v) is 5.31. The Balaban J connectivity index is 3.78. The molecule has 0 aliphatic rings. The van der Waals surface area contributed by atoms with Crippen LogP contribution >= 0.6 is 0 Å². The van der Waals surface area contributed by atoms with Gasteiger partial charge in [0.1, 0.15) is 0 Å². The maximum absolute atomic E-state index is 11.0. The first kappa shape index (κ1) is 16.4. The van der Waals surface area contributed by atoms with Crippen LogP contribution in [0.15, 0.2) is 0 Å². The predicted octanol–water partition coefficient (Wildman–Crippen LogP) is 2.27. The third-order valence-electron chi connectivity index (χ3n) is 2.25. The van der Waals surface area contributed by atoms with Gasteiger partial charge in [-0.3, -0.25) is 0 Å². The Labute approximate surface area is 105 Å². The monoisotopic (exact) mass is 263 g/mol. The number of ether oxygens (including phenoxy) is 1. The van der Waals surface area contributed by atoms with Gasteiger partial charge in [-0.05, 0) is 39.8 Å². The van der Waals surface area contributed by atoms with Gasteiger partial charge in [-0.1, -0.05) is 0 Å². The molecule has 5 nitrogen and oxygen atoms in total. The molecule has 0 spiro atoms. The first-order chi connectivity index (χ1) is 8.08. The van der Waals surface area contributed by atoms with Gasteiger partial charge in [-0.25, -0.2) is 4.79 Å². The second-order valence-corrected chi connectivity index (χ2v) is 7.10. The Bertz CT molecular complexity index is 208. The zero-order chi connectivity index (χ0) is 13.1. The van der Waals surface area contributed by atoms with Crippen LogP contribution in [0.2, 0.25) is 12.6 Å². The minimum Gasteiger partial charge on any atom is -0.450 e. The fourth-order valence-electron chi connectivity index (χ4n) is 1.58. The first-order valence-corrected chi connectivity index (χ1v) is 8.78. The van der Waals surface area contributed by atoms with E-state index in [1.807, 2.05) is 13.8 Å². The van der Waals surface area contributed by atoms with Gasteiger partial charge in [0.2, 0.25) is 0 Å². The topological polar surface area (TPSA) is 56.8 Å². The van der Waals surface area contributed by atoms with Gasteiger partial charge in [-0.2, -0.15) is 0 Å². The number of amides is 1. The smallest absolute Gasteiger partial charge is 0.407 e. The first-order valence-electron chi connectivity index (χ1n) is 6.26. The van der Waals surface area contributed by atoms with E-state index in [1.165, 1.54) is 0 Å². The highest BCUT2D eigenvalue weighted by atomic mass is 28.4. The molecule has 0 aromatic carbocycles. The third kappa shape index (κ3) is 8.17. The lowest BCUT2D eigenvalue weighted by molar-refractivity contribution is 0.151. The predicted molar refractivity (Wildman–Crippen MR) is 69.3 cm³/mol. The molecule has 0 atom stereocenters. The minimum absolute atomic E-state index is 0.358. The van der Waals surface area contributed by atoms with Gasteiger partial charge in [-0.15, -0.1) is 0 Å². The Morgan fingerprint density at radius 1 is 1.12 bits per heavy atom. The molecule has 0 saturated heterocycles. The van der Waals surface area contributed by atoms with Crippen molar-refractivity contribution in [2.24, 2.45) is 0 Å². The lowest BCUT2D eigenvalue weighted by atomic mass is 10.5. The summed E-state index contributed by atoms with van der Waals surface area (Å²) in [5.74, 6) is 0. The van der Waals surface area contributed by atoms with Gasteiger partial charge < -0.3 is 18.9 Å². The summed E-state index contributed by atoms with van der Waals surface area (Å²) in [7, 11) is -2.03. The molecule has 102 valence electrons. The summed E-state index contributed by atoms with van der Waals surface area (Å²) in [6.07, 6.45) is 0.491. The second kappa shape index (κ2) is 9.44. The molecular weight excluding hydrogens is 238 g/mol. The van der Waals surface area contributed by atoms with E-state index < -0.39 is 8.56 Å². The minimum atomic E-state index is -2.03. The van der Waals surface area contributed by atoms with Crippen molar-refractivity contribution in [3.05, 3.63) is 0 Å². The summed E-state index contributed by atoms with van der Waals surface area (Å²) < 4.78 is 16.2. The van der Waals surface area contributed by atoms with E-state index in [0.29, 0.717) is 26.4 Å². The molecule has 0 aromatic rings. The molecule has 0 aromatic heterocycles. The van der Waals surface area contributed by atoms with Crippen LogP contribution in [0.25, 0.3) is 0 Å². The van der Waals surface area contributed by atoms with Crippen LogP contribution in [0.5, 0.6) is 0 Å². The summed E-state index contributed by atoms with van der Waals surface area (Å²) >= 11 is 0. The number of carbonyl (C=O) groups excluding carboxylic acids is 1. The van der Waals surface area contributed by atoms with Crippen molar-refractivity contribution in [3.8, 4) is 0 Å². The van der Waals surface area contributed by atoms with Crippen LogP contribution in [0.3, 0.4) is 0 Å². The van der Waals surface area contributed by atoms with E-state index in [1.54, 1.807) is 6.92 Å². The highest BCUT2D eigenvalue weighted by molar-refractivity contribution is 6.66. The molecule has 0 fully saturated rings. The molecule has 0 rings (SSSR count). The summed E-state index contributed by atoms with van der Waals surface area (Å²) in [5, 5.41) is 2.69. The summed E-state index contributed by atoms with van der Waals surface area (Å²) in [4.78, 5) is 11.0. The van der Waals surface area contributed by atoms with Crippen LogP contribution in [0.1, 0.15) is 27.2 Å². The normalized spacial score (nSPS) is 11.3. The van der Waals surface area contributed by atoms with Crippen LogP contribution in [-0.4, -0.2) is 41.0 Å². The fraction of sp³-hybridized carbons (Fsp3) is 0.909. The van der Waals surface area contributed by atoms with Gasteiger partial charge in [0.25, 0.3) is 0 Å². The maximum atomic E-state index is 11.0. The number of nitrogens with one attached hydrogen (secondary N) is 1. The molecule has 1 amide bonds. The van der Waals surface area contributed by atoms with Gasteiger partial charge >= 0.3 is 14.7 Å². The number of carbonyl (C=O) groups is 1. The van der Waals surface area contributed by atoms with Crippen LogP contribution in [-0.2, 0) is 13.6 Å². The van der Waals surface area contributed by atoms with Crippen LogP contribution in [0, 0.1) is 0 Å². The Hall–Kier alpha value is -0.593. The van der Waals surface area contributed by atoms with E-state index >= 15 is 0 Å². The lowest BCUT2D eigenvalue weighted by Crippen LogP contribution is -2.39. The quantitative estimate of drug-likeness (QED) is 0.512. The fourth-order valence-corrected chi connectivity index (χ4v) is 3.99. The molecule has 0 heterocycles. The zero-order valence-electron chi connectivity index (χ0n) is 11.4. The summed E-state index contributed by atoms with van der Waals surface area (Å²) in [6.45, 7) is 10.1. The molecule has 0 aliphatic carbocycles. The molecular formula is C11H25NO4Si. The number of alkyl carbamates (subject to hydrolysis) is 1. The van der Waals surface area contributed by atoms with Crippen molar-refractivity contribution in [1.82, 2.24) is 5.32 Å². The Morgan fingerprint density at radius 3 is 2.18 bits per heavy atom. The van der Waals surface area contributed by atoms with Crippen molar-refractivity contribution < 1.29 is 18.4 Å². The van der Waals surface area contributed by atoms with Gasteiger partial charge in [0.15, 0.2) is 0 Å². The SMILES string of the molecule is CCOC(=O)NCCC[Si](C)(OCC)OCC. The van der Waals surface area contributed by atoms with Crippen molar-refractivity contribution in [2.45, 2.75) is 39.8 Å². The molecule has 17 heavy (non-hydrogen) atoms. The van der Waals surface area contributed by atoms with E-state index in [2.05, 4.69) is 11.9 Å².